The smallest absolute Gasteiger partial charge is 0.340 e. The van der Waals surface area contributed by atoms with Gasteiger partial charge in [-0.05, 0) is 17.7 Å². The van der Waals surface area contributed by atoms with Crippen molar-refractivity contribution in [1.82, 2.24) is 0 Å². The van der Waals surface area contributed by atoms with Crippen molar-refractivity contribution in [3.05, 3.63) is 53.6 Å². The van der Waals surface area contributed by atoms with Crippen molar-refractivity contribution < 1.29 is 24.2 Å². The van der Waals surface area contributed by atoms with E-state index in [2.05, 4.69) is 0 Å². The van der Waals surface area contributed by atoms with E-state index < -0.39 is 5.97 Å². The number of rotatable bonds is 4. The minimum atomic E-state index is -1.09. The van der Waals surface area contributed by atoms with Gasteiger partial charge in [0.05, 0.1) is 13.7 Å². The second-order valence-corrected chi connectivity index (χ2v) is 4.81. The van der Waals surface area contributed by atoms with Crippen molar-refractivity contribution in [2.45, 2.75) is 6.61 Å². The maximum Gasteiger partial charge on any atom is 0.340 e. The molecule has 0 fully saturated rings. The summed E-state index contributed by atoms with van der Waals surface area (Å²) in [5.74, 6) is -0.419. The Labute approximate surface area is 126 Å². The van der Waals surface area contributed by atoms with Crippen LogP contribution in [-0.4, -0.2) is 23.3 Å². The normalized spacial score (nSPS) is 10.8. The van der Waals surface area contributed by atoms with Crippen LogP contribution < -0.4 is 4.74 Å². The lowest BCUT2D eigenvalue weighted by Gasteiger charge is -2.03. The third-order valence-corrected chi connectivity index (χ3v) is 3.47. The molecule has 0 radical (unpaired) electrons. The van der Waals surface area contributed by atoms with Crippen molar-refractivity contribution >= 4 is 16.9 Å². The molecule has 0 aliphatic carbocycles. The van der Waals surface area contributed by atoms with E-state index in [0.29, 0.717) is 27.8 Å². The molecule has 1 heterocycles. The molecular weight excluding hydrogens is 284 g/mol. The first-order valence-electron chi connectivity index (χ1n) is 6.68. The van der Waals surface area contributed by atoms with Crippen LogP contribution in [0.15, 0.2) is 46.9 Å². The molecule has 0 aliphatic heterocycles. The first kappa shape index (κ1) is 14.2. The molecule has 0 spiro atoms. The molecule has 2 aromatic carbocycles. The highest BCUT2D eigenvalue weighted by Gasteiger charge is 2.24. The Morgan fingerprint density at radius 3 is 2.55 bits per heavy atom. The molecule has 112 valence electrons. The predicted molar refractivity (Wildman–Crippen MR) is 81.1 cm³/mol. The lowest BCUT2D eigenvalue weighted by atomic mass is 10.0. The van der Waals surface area contributed by atoms with Crippen LogP contribution >= 0.6 is 0 Å². The predicted octanol–water partition coefficient (Wildman–Crippen LogP) is 3.30. The summed E-state index contributed by atoms with van der Waals surface area (Å²) in [6.07, 6.45) is 0. The Hall–Kier alpha value is -2.79. The summed E-state index contributed by atoms with van der Waals surface area (Å²) in [5.41, 5.74) is 1.65. The average Bonchev–Trinajstić information content (AvgIpc) is 2.94. The number of methoxy groups -OCH3 is 1. The molecule has 0 aliphatic rings. The summed E-state index contributed by atoms with van der Waals surface area (Å²) in [7, 11) is 1.47. The highest BCUT2D eigenvalue weighted by Crippen LogP contribution is 2.38. The van der Waals surface area contributed by atoms with Crippen LogP contribution in [0, 0.1) is 0 Å². The molecule has 0 unspecified atom stereocenters. The minimum absolute atomic E-state index is 0.0646. The van der Waals surface area contributed by atoms with E-state index in [1.807, 2.05) is 18.2 Å². The van der Waals surface area contributed by atoms with E-state index in [4.69, 9.17) is 9.15 Å². The molecule has 2 N–H and O–H groups in total. The molecule has 0 amide bonds. The van der Waals surface area contributed by atoms with Crippen molar-refractivity contribution in [3.63, 3.8) is 0 Å². The summed E-state index contributed by atoms with van der Waals surface area (Å²) in [6.45, 7) is -0.211. The van der Waals surface area contributed by atoms with Crippen molar-refractivity contribution in [2.24, 2.45) is 0 Å². The zero-order chi connectivity index (χ0) is 15.7. The fraction of sp³-hybridized carbons (Fsp3) is 0.118. The Kier molecular flexibility index (Phi) is 3.56. The van der Waals surface area contributed by atoms with Gasteiger partial charge in [0, 0.05) is 10.9 Å². The summed E-state index contributed by atoms with van der Waals surface area (Å²) in [6, 6.07) is 12.3. The van der Waals surface area contributed by atoms with Crippen molar-refractivity contribution in [3.8, 4) is 17.1 Å². The number of aliphatic hydroxyl groups excluding tert-OH is 1. The molecule has 0 saturated carbocycles. The molecule has 0 saturated heterocycles. The largest absolute Gasteiger partial charge is 0.493 e. The topological polar surface area (TPSA) is 79.9 Å². The minimum Gasteiger partial charge on any atom is -0.493 e. The van der Waals surface area contributed by atoms with Crippen LogP contribution in [-0.2, 0) is 6.61 Å². The second-order valence-electron chi connectivity index (χ2n) is 4.81. The molecule has 3 aromatic rings. The van der Waals surface area contributed by atoms with Gasteiger partial charge in [0.25, 0.3) is 0 Å². The molecule has 1 aromatic heterocycles. The summed E-state index contributed by atoms with van der Waals surface area (Å²) >= 11 is 0. The van der Waals surface area contributed by atoms with Gasteiger partial charge < -0.3 is 19.4 Å². The Bertz CT molecular complexity index is 833. The van der Waals surface area contributed by atoms with Gasteiger partial charge in [-0.1, -0.05) is 30.3 Å². The zero-order valence-electron chi connectivity index (χ0n) is 11.9. The summed E-state index contributed by atoms with van der Waals surface area (Å²) in [5, 5.41) is 19.3. The summed E-state index contributed by atoms with van der Waals surface area (Å²) < 4.78 is 11.0. The van der Waals surface area contributed by atoms with Crippen LogP contribution in [0.25, 0.3) is 22.3 Å². The van der Waals surface area contributed by atoms with Gasteiger partial charge in [-0.15, -0.1) is 0 Å². The number of hydrogen-bond donors (Lipinski definition) is 2. The van der Waals surface area contributed by atoms with Gasteiger partial charge in [-0.2, -0.15) is 0 Å². The number of carbonyl (C=O) groups is 1. The number of aliphatic hydroxyl groups is 1. The third kappa shape index (κ3) is 2.21. The standard InChI is InChI=1S/C17H14O5/c1-21-13-8-10(9-18)7-12-14(17(19)20)15(22-16(12)13)11-5-3-2-4-6-11/h2-8,18H,9H2,1H3,(H,19,20). The molecule has 5 heteroatoms. The van der Waals surface area contributed by atoms with Gasteiger partial charge in [-0.25, -0.2) is 4.79 Å². The number of aromatic carboxylic acids is 1. The SMILES string of the molecule is COc1cc(CO)cc2c(C(=O)O)c(-c3ccccc3)oc12. The maximum atomic E-state index is 11.7. The first-order chi connectivity index (χ1) is 10.7. The number of carboxylic acid groups (broad SMARTS) is 1. The molecule has 5 nitrogen and oxygen atoms in total. The van der Waals surface area contributed by atoms with E-state index in [1.54, 1.807) is 24.3 Å². The van der Waals surface area contributed by atoms with Gasteiger partial charge >= 0.3 is 5.97 Å². The van der Waals surface area contributed by atoms with Crippen LogP contribution in [0.3, 0.4) is 0 Å². The van der Waals surface area contributed by atoms with Crippen LogP contribution in [0.4, 0.5) is 0 Å². The molecule has 3 rings (SSSR count). The fourth-order valence-corrected chi connectivity index (χ4v) is 2.47. The van der Waals surface area contributed by atoms with Gasteiger partial charge in [0.1, 0.15) is 11.3 Å². The molecule has 0 bridgehead atoms. The fourth-order valence-electron chi connectivity index (χ4n) is 2.47. The Balaban J connectivity index is 2.39. The number of furan rings is 1. The zero-order valence-corrected chi connectivity index (χ0v) is 11.9. The van der Waals surface area contributed by atoms with Gasteiger partial charge in [0.2, 0.25) is 0 Å². The number of hydrogen-bond acceptors (Lipinski definition) is 4. The quantitative estimate of drug-likeness (QED) is 0.772. The average molecular weight is 298 g/mol. The highest BCUT2D eigenvalue weighted by molar-refractivity contribution is 6.09. The molecule has 22 heavy (non-hydrogen) atoms. The van der Waals surface area contributed by atoms with E-state index in [-0.39, 0.29) is 17.9 Å². The van der Waals surface area contributed by atoms with Crippen LogP contribution in [0.2, 0.25) is 0 Å². The Morgan fingerprint density at radius 1 is 1.23 bits per heavy atom. The van der Waals surface area contributed by atoms with Crippen LogP contribution in [0.1, 0.15) is 15.9 Å². The van der Waals surface area contributed by atoms with E-state index >= 15 is 0 Å². The maximum absolute atomic E-state index is 11.7. The Morgan fingerprint density at radius 2 is 1.95 bits per heavy atom. The monoisotopic (exact) mass is 298 g/mol. The highest BCUT2D eigenvalue weighted by atomic mass is 16.5. The third-order valence-electron chi connectivity index (χ3n) is 3.47. The second kappa shape index (κ2) is 5.54. The van der Waals surface area contributed by atoms with Crippen molar-refractivity contribution in [2.75, 3.05) is 7.11 Å². The number of benzene rings is 2. The van der Waals surface area contributed by atoms with Crippen molar-refractivity contribution in [1.29, 1.82) is 0 Å². The number of carboxylic acids is 1. The lowest BCUT2D eigenvalue weighted by Crippen LogP contribution is -1.97. The van der Waals surface area contributed by atoms with E-state index in [9.17, 15) is 15.0 Å². The van der Waals surface area contributed by atoms with E-state index in [1.165, 1.54) is 7.11 Å². The van der Waals surface area contributed by atoms with Gasteiger partial charge in [-0.3, -0.25) is 0 Å². The van der Waals surface area contributed by atoms with Gasteiger partial charge in [0.15, 0.2) is 11.3 Å². The molecular formula is C17H14O5. The number of fused-ring (bicyclic) bond motifs is 1. The van der Waals surface area contributed by atoms with Crippen LogP contribution in [0.5, 0.6) is 5.75 Å². The first-order valence-corrected chi connectivity index (χ1v) is 6.68. The number of ether oxygens (including phenoxy) is 1. The molecule has 0 atom stereocenters. The lowest BCUT2D eigenvalue weighted by molar-refractivity contribution is 0.0699. The van der Waals surface area contributed by atoms with E-state index in [0.717, 1.165) is 0 Å². The summed E-state index contributed by atoms with van der Waals surface area (Å²) in [4.78, 5) is 11.7.